The molecule has 0 saturated carbocycles. The Bertz CT molecular complexity index is 897. The number of methoxy groups -OCH3 is 1. The van der Waals surface area contributed by atoms with Gasteiger partial charge in [0.25, 0.3) is 5.91 Å². The van der Waals surface area contributed by atoms with E-state index < -0.39 is 5.97 Å². The van der Waals surface area contributed by atoms with Crippen LogP contribution in [0.15, 0.2) is 42.5 Å². The monoisotopic (exact) mass is 397 g/mol. The fourth-order valence-electron chi connectivity index (χ4n) is 4.02. The van der Waals surface area contributed by atoms with Crippen LogP contribution in [0.25, 0.3) is 0 Å². The van der Waals surface area contributed by atoms with Crippen molar-refractivity contribution < 1.29 is 28.7 Å². The number of hydrogen-bond donors (Lipinski definition) is 2. The second-order valence-electron chi connectivity index (χ2n) is 7.30. The van der Waals surface area contributed by atoms with Crippen LogP contribution in [-0.4, -0.2) is 45.3 Å². The van der Waals surface area contributed by atoms with E-state index in [9.17, 15) is 9.59 Å². The Morgan fingerprint density at radius 1 is 1.10 bits per heavy atom. The fraction of sp³-hybridized carbons (Fsp3) is 0.364. The van der Waals surface area contributed by atoms with Crippen LogP contribution in [0.5, 0.6) is 11.5 Å². The zero-order chi connectivity index (χ0) is 20.2. The first-order chi connectivity index (χ1) is 14.1. The van der Waals surface area contributed by atoms with Crippen LogP contribution in [0, 0.1) is 0 Å². The molecule has 7 heteroatoms. The van der Waals surface area contributed by atoms with Gasteiger partial charge in [-0.15, -0.1) is 0 Å². The summed E-state index contributed by atoms with van der Waals surface area (Å²) in [5, 5.41) is 2.92. The summed E-state index contributed by atoms with van der Waals surface area (Å²) in [6.45, 7) is 2.48. The third-order valence-electron chi connectivity index (χ3n) is 5.43. The molecule has 152 valence electrons. The van der Waals surface area contributed by atoms with Crippen molar-refractivity contribution in [2.24, 2.45) is 0 Å². The first kappa shape index (κ1) is 19.3. The van der Waals surface area contributed by atoms with E-state index in [1.54, 1.807) is 24.3 Å². The molecule has 1 fully saturated rings. The number of rotatable bonds is 5. The van der Waals surface area contributed by atoms with Crippen molar-refractivity contribution in [1.82, 2.24) is 0 Å². The van der Waals surface area contributed by atoms with Gasteiger partial charge in [-0.3, -0.25) is 4.79 Å². The van der Waals surface area contributed by atoms with Gasteiger partial charge in [-0.05, 0) is 42.5 Å². The Labute approximate surface area is 169 Å². The van der Waals surface area contributed by atoms with Crippen LogP contribution in [0.1, 0.15) is 34.8 Å². The predicted octanol–water partition coefficient (Wildman–Crippen LogP) is 1.60. The average molecular weight is 397 g/mol. The molecule has 2 aliphatic heterocycles. The molecule has 1 unspecified atom stereocenters. The topological polar surface area (TPSA) is 78.3 Å². The largest absolute Gasteiger partial charge is 0.486 e. The highest BCUT2D eigenvalue weighted by molar-refractivity contribution is 5.93. The van der Waals surface area contributed by atoms with E-state index in [4.69, 9.17) is 9.47 Å². The maximum absolute atomic E-state index is 12.6. The standard InChI is InChI=1S/C22H24N2O5/c1-27-22(26)15-4-7-17(8-5-15)23-21(25)14-24-10-2-3-18(24)16-6-9-19-20(13-16)29-12-11-28-19/h4-9,13,18H,2-3,10-12,14H2,1H3,(H,23,25)/p+1/t18-/m0/s1. The Balaban J connectivity index is 1.39. The summed E-state index contributed by atoms with van der Waals surface area (Å²) >= 11 is 0. The summed E-state index contributed by atoms with van der Waals surface area (Å²) in [4.78, 5) is 25.3. The fourth-order valence-corrected chi connectivity index (χ4v) is 4.02. The molecular weight excluding hydrogens is 372 g/mol. The van der Waals surface area contributed by atoms with E-state index >= 15 is 0 Å². The number of carbonyl (C=O) groups is 2. The van der Waals surface area contributed by atoms with Crippen molar-refractivity contribution >= 4 is 17.6 Å². The normalized spacial score (nSPS) is 20.2. The van der Waals surface area contributed by atoms with Crippen molar-refractivity contribution in [3.63, 3.8) is 0 Å². The van der Waals surface area contributed by atoms with Gasteiger partial charge in [-0.1, -0.05) is 0 Å². The van der Waals surface area contributed by atoms with Crippen LogP contribution in [0.4, 0.5) is 5.69 Å². The number of hydrogen-bond acceptors (Lipinski definition) is 5. The number of quaternary nitrogens is 1. The van der Waals surface area contributed by atoms with Gasteiger partial charge < -0.3 is 24.4 Å². The molecule has 1 amide bonds. The number of esters is 1. The van der Waals surface area contributed by atoms with Crippen molar-refractivity contribution in [2.45, 2.75) is 18.9 Å². The van der Waals surface area contributed by atoms with Crippen LogP contribution >= 0.6 is 0 Å². The Kier molecular flexibility index (Phi) is 5.67. The zero-order valence-electron chi connectivity index (χ0n) is 16.4. The minimum Gasteiger partial charge on any atom is -0.486 e. The lowest BCUT2D eigenvalue weighted by Gasteiger charge is -2.24. The van der Waals surface area contributed by atoms with Gasteiger partial charge in [-0.2, -0.15) is 0 Å². The highest BCUT2D eigenvalue weighted by atomic mass is 16.6. The lowest BCUT2D eigenvalue weighted by atomic mass is 10.0. The summed E-state index contributed by atoms with van der Waals surface area (Å²) < 4.78 is 16.0. The number of amides is 1. The molecule has 0 aliphatic carbocycles. The molecule has 0 spiro atoms. The van der Waals surface area contributed by atoms with Gasteiger partial charge >= 0.3 is 5.97 Å². The third-order valence-corrected chi connectivity index (χ3v) is 5.43. The van der Waals surface area contributed by atoms with Gasteiger partial charge in [0.2, 0.25) is 0 Å². The number of carbonyl (C=O) groups excluding carboxylic acids is 2. The summed E-state index contributed by atoms with van der Waals surface area (Å²) in [6.07, 6.45) is 2.12. The second-order valence-corrected chi connectivity index (χ2v) is 7.30. The van der Waals surface area contributed by atoms with Gasteiger partial charge in [0.05, 0.1) is 19.2 Å². The van der Waals surface area contributed by atoms with E-state index in [0.29, 0.717) is 31.0 Å². The molecule has 2 aromatic rings. The predicted molar refractivity (Wildman–Crippen MR) is 107 cm³/mol. The Morgan fingerprint density at radius 2 is 1.86 bits per heavy atom. The van der Waals surface area contributed by atoms with Crippen LogP contribution in [-0.2, 0) is 9.53 Å². The molecule has 29 heavy (non-hydrogen) atoms. The third kappa shape index (κ3) is 4.35. The molecule has 0 radical (unpaired) electrons. The lowest BCUT2D eigenvalue weighted by molar-refractivity contribution is -0.910. The molecule has 1 saturated heterocycles. The smallest absolute Gasteiger partial charge is 0.337 e. The molecule has 2 aliphatic rings. The van der Waals surface area contributed by atoms with Crippen molar-refractivity contribution in [2.75, 3.05) is 38.7 Å². The molecule has 2 aromatic carbocycles. The molecular formula is C22H25N2O5+. The summed E-state index contributed by atoms with van der Waals surface area (Å²) in [6, 6.07) is 13.1. The SMILES string of the molecule is COC(=O)c1ccc(NC(=O)C[NH+]2CCC[C@H]2c2ccc3c(c2)OCCO3)cc1. The molecule has 0 aromatic heterocycles. The van der Waals surface area contributed by atoms with Gasteiger partial charge in [0, 0.05) is 24.1 Å². The summed E-state index contributed by atoms with van der Waals surface area (Å²) in [7, 11) is 1.34. The van der Waals surface area contributed by atoms with E-state index in [-0.39, 0.29) is 11.9 Å². The number of anilines is 1. The summed E-state index contributed by atoms with van der Waals surface area (Å²) in [5.41, 5.74) is 2.29. The second kappa shape index (κ2) is 8.53. The first-order valence-electron chi connectivity index (χ1n) is 9.86. The van der Waals surface area contributed by atoms with Crippen LogP contribution in [0.2, 0.25) is 0 Å². The van der Waals surface area contributed by atoms with E-state index in [2.05, 4.69) is 16.1 Å². The minimum absolute atomic E-state index is 0.0461. The lowest BCUT2D eigenvalue weighted by Crippen LogP contribution is -3.11. The number of nitrogens with one attached hydrogen (secondary N) is 2. The van der Waals surface area contributed by atoms with Crippen molar-refractivity contribution in [3.8, 4) is 11.5 Å². The maximum Gasteiger partial charge on any atom is 0.337 e. The van der Waals surface area contributed by atoms with Gasteiger partial charge in [-0.25, -0.2) is 4.79 Å². The maximum atomic E-state index is 12.6. The zero-order valence-corrected chi connectivity index (χ0v) is 16.4. The molecule has 2 heterocycles. The number of benzene rings is 2. The highest BCUT2D eigenvalue weighted by Gasteiger charge is 2.32. The van der Waals surface area contributed by atoms with Crippen LogP contribution < -0.4 is 19.7 Å². The minimum atomic E-state index is -0.397. The van der Waals surface area contributed by atoms with Gasteiger partial charge in [0.15, 0.2) is 18.0 Å². The van der Waals surface area contributed by atoms with E-state index in [1.165, 1.54) is 17.6 Å². The number of fused-ring (bicyclic) bond motifs is 1. The van der Waals surface area contributed by atoms with E-state index in [1.807, 2.05) is 12.1 Å². The summed E-state index contributed by atoms with van der Waals surface area (Å²) in [5.74, 6) is 1.13. The highest BCUT2D eigenvalue weighted by Crippen LogP contribution is 2.33. The van der Waals surface area contributed by atoms with Crippen molar-refractivity contribution in [3.05, 3.63) is 53.6 Å². The Morgan fingerprint density at radius 3 is 2.62 bits per heavy atom. The van der Waals surface area contributed by atoms with Gasteiger partial charge in [0.1, 0.15) is 19.3 Å². The quantitative estimate of drug-likeness (QED) is 0.750. The molecule has 0 bridgehead atoms. The molecule has 2 N–H and O–H groups in total. The molecule has 4 rings (SSSR count). The average Bonchev–Trinajstić information content (AvgIpc) is 3.21. The van der Waals surface area contributed by atoms with E-state index in [0.717, 1.165) is 30.9 Å². The Hall–Kier alpha value is -3.06. The molecule has 7 nitrogen and oxygen atoms in total. The molecule has 2 atom stereocenters. The first-order valence-corrected chi connectivity index (χ1v) is 9.86. The number of ether oxygens (including phenoxy) is 3. The number of likely N-dealkylation sites (tertiary alicyclic amines) is 1. The van der Waals surface area contributed by atoms with Crippen LogP contribution in [0.3, 0.4) is 0 Å². The van der Waals surface area contributed by atoms with Crippen molar-refractivity contribution in [1.29, 1.82) is 0 Å².